The summed E-state index contributed by atoms with van der Waals surface area (Å²) in [5.74, 6) is 1.77. The zero-order valence-electron chi connectivity index (χ0n) is 8.46. The first-order valence-electron chi connectivity index (χ1n) is 4.63. The quantitative estimate of drug-likeness (QED) is 0.806. The van der Waals surface area contributed by atoms with Gasteiger partial charge < -0.3 is 5.73 Å². The van der Waals surface area contributed by atoms with E-state index in [1.165, 1.54) is 6.42 Å². The fourth-order valence-corrected chi connectivity index (χ4v) is 2.26. The molecule has 2 N–H and O–H groups in total. The molecule has 1 heterocycles. The highest BCUT2D eigenvalue weighted by Crippen LogP contribution is 2.25. The number of hydrogen-bond acceptors (Lipinski definition) is 3. The molecule has 0 aliphatic heterocycles. The zero-order chi connectivity index (χ0) is 10.6. The van der Waals surface area contributed by atoms with Crippen molar-refractivity contribution in [1.29, 1.82) is 0 Å². The highest BCUT2D eigenvalue weighted by molar-refractivity contribution is 7.99. The number of halogens is 1. The van der Waals surface area contributed by atoms with Gasteiger partial charge in [0, 0.05) is 6.20 Å². The lowest BCUT2D eigenvalue weighted by molar-refractivity contribution is 0.632. The minimum Gasteiger partial charge on any atom is -0.397 e. The summed E-state index contributed by atoms with van der Waals surface area (Å²) in [6.07, 6.45) is 2.81. The molecule has 0 saturated carbocycles. The molecule has 0 saturated heterocycles. The van der Waals surface area contributed by atoms with E-state index in [0.717, 1.165) is 16.7 Å². The van der Waals surface area contributed by atoms with E-state index < -0.39 is 0 Å². The van der Waals surface area contributed by atoms with Crippen LogP contribution in [0, 0.1) is 5.92 Å². The molecule has 0 aliphatic rings. The maximum absolute atomic E-state index is 5.77. The Labute approximate surface area is 94.2 Å². The SMILES string of the molecule is CC(C)CCSc1ncc(Cl)cc1N. The lowest BCUT2D eigenvalue weighted by Gasteiger charge is -2.06. The van der Waals surface area contributed by atoms with Crippen molar-refractivity contribution in [2.45, 2.75) is 25.3 Å². The van der Waals surface area contributed by atoms with Crippen LogP contribution in [0.1, 0.15) is 20.3 Å². The minimum atomic E-state index is 0.593. The van der Waals surface area contributed by atoms with Crippen molar-refractivity contribution in [3.63, 3.8) is 0 Å². The number of pyridine rings is 1. The van der Waals surface area contributed by atoms with Crippen molar-refractivity contribution < 1.29 is 0 Å². The van der Waals surface area contributed by atoms with Gasteiger partial charge in [-0.3, -0.25) is 0 Å². The van der Waals surface area contributed by atoms with Crippen LogP contribution in [0.5, 0.6) is 0 Å². The minimum absolute atomic E-state index is 0.593. The van der Waals surface area contributed by atoms with Crippen LogP contribution in [0.2, 0.25) is 5.02 Å². The average molecular weight is 231 g/mol. The fraction of sp³-hybridized carbons (Fsp3) is 0.500. The summed E-state index contributed by atoms with van der Waals surface area (Å²) in [4.78, 5) is 4.18. The molecule has 0 aromatic carbocycles. The first kappa shape index (κ1) is 11.7. The predicted octanol–water partition coefficient (Wildman–Crippen LogP) is 3.46. The number of anilines is 1. The number of nitrogen functional groups attached to an aromatic ring is 1. The number of nitrogens with zero attached hydrogens (tertiary/aromatic N) is 1. The van der Waals surface area contributed by atoms with Gasteiger partial charge in [0.1, 0.15) is 5.03 Å². The van der Waals surface area contributed by atoms with E-state index in [9.17, 15) is 0 Å². The second-order valence-corrected chi connectivity index (χ2v) is 5.10. The summed E-state index contributed by atoms with van der Waals surface area (Å²) in [7, 11) is 0. The van der Waals surface area contributed by atoms with E-state index in [-0.39, 0.29) is 0 Å². The van der Waals surface area contributed by atoms with Crippen LogP contribution >= 0.6 is 23.4 Å². The Bertz CT molecular complexity index is 302. The molecular formula is C10H15ClN2S. The molecule has 0 radical (unpaired) electrons. The molecule has 2 nitrogen and oxygen atoms in total. The first-order valence-corrected chi connectivity index (χ1v) is 5.99. The van der Waals surface area contributed by atoms with Gasteiger partial charge >= 0.3 is 0 Å². The molecule has 0 unspecified atom stereocenters. The van der Waals surface area contributed by atoms with Crippen LogP contribution in [-0.4, -0.2) is 10.7 Å². The Morgan fingerprint density at radius 2 is 2.29 bits per heavy atom. The molecule has 4 heteroatoms. The van der Waals surface area contributed by atoms with Crippen LogP contribution in [0.4, 0.5) is 5.69 Å². The molecule has 0 atom stereocenters. The van der Waals surface area contributed by atoms with Crippen LogP contribution in [0.25, 0.3) is 0 Å². The second-order valence-electron chi connectivity index (χ2n) is 3.58. The number of thioether (sulfide) groups is 1. The lowest BCUT2D eigenvalue weighted by Crippen LogP contribution is -1.94. The lowest BCUT2D eigenvalue weighted by atomic mass is 10.2. The third-order valence-corrected chi connectivity index (χ3v) is 3.04. The van der Waals surface area contributed by atoms with Gasteiger partial charge in [0.2, 0.25) is 0 Å². The van der Waals surface area contributed by atoms with Gasteiger partial charge in [-0.05, 0) is 24.2 Å². The van der Waals surface area contributed by atoms with Crippen molar-refractivity contribution in [2.75, 3.05) is 11.5 Å². The van der Waals surface area contributed by atoms with E-state index in [1.807, 2.05) is 0 Å². The molecule has 0 spiro atoms. The fourth-order valence-electron chi connectivity index (χ4n) is 0.954. The highest BCUT2D eigenvalue weighted by atomic mass is 35.5. The van der Waals surface area contributed by atoms with Crippen molar-refractivity contribution >= 4 is 29.1 Å². The van der Waals surface area contributed by atoms with Crippen LogP contribution in [-0.2, 0) is 0 Å². The standard InChI is InChI=1S/C10H15ClN2S/c1-7(2)3-4-14-10-9(12)5-8(11)6-13-10/h5-7H,3-4,12H2,1-2H3. The van der Waals surface area contributed by atoms with E-state index in [0.29, 0.717) is 10.7 Å². The molecule has 0 amide bonds. The molecule has 1 aromatic rings. The molecule has 0 aliphatic carbocycles. The van der Waals surface area contributed by atoms with E-state index in [2.05, 4.69) is 18.8 Å². The third kappa shape index (κ3) is 3.76. The average Bonchev–Trinajstić information content (AvgIpc) is 2.08. The van der Waals surface area contributed by atoms with Gasteiger partial charge in [0.05, 0.1) is 10.7 Å². The summed E-state index contributed by atoms with van der Waals surface area (Å²) in [5.41, 5.74) is 6.44. The first-order chi connectivity index (χ1) is 6.59. The molecular weight excluding hydrogens is 216 g/mol. The van der Waals surface area contributed by atoms with Gasteiger partial charge in [0.25, 0.3) is 0 Å². The van der Waals surface area contributed by atoms with E-state index in [4.69, 9.17) is 17.3 Å². The zero-order valence-corrected chi connectivity index (χ0v) is 10.0. The Balaban J connectivity index is 2.51. The molecule has 1 rings (SSSR count). The smallest absolute Gasteiger partial charge is 0.119 e. The number of hydrogen-bond donors (Lipinski definition) is 1. The highest BCUT2D eigenvalue weighted by Gasteiger charge is 2.03. The molecule has 0 bridgehead atoms. The largest absolute Gasteiger partial charge is 0.397 e. The Hall–Kier alpha value is -0.410. The number of rotatable bonds is 4. The Morgan fingerprint density at radius 3 is 2.86 bits per heavy atom. The number of nitrogens with two attached hydrogens (primary N) is 1. The Kier molecular flexibility index (Phi) is 4.55. The van der Waals surface area contributed by atoms with E-state index >= 15 is 0 Å². The van der Waals surface area contributed by atoms with E-state index in [1.54, 1.807) is 24.0 Å². The molecule has 0 fully saturated rings. The van der Waals surface area contributed by atoms with Crippen molar-refractivity contribution in [3.05, 3.63) is 17.3 Å². The monoisotopic (exact) mass is 230 g/mol. The Morgan fingerprint density at radius 1 is 1.57 bits per heavy atom. The normalized spacial score (nSPS) is 10.9. The van der Waals surface area contributed by atoms with Crippen LogP contribution in [0.3, 0.4) is 0 Å². The molecule has 14 heavy (non-hydrogen) atoms. The summed E-state index contributed by atoms with van der Waals surface area (Å²) < 4.78 is 0. The van der Waals surface area contributed by atoms with Crippen molar-refractivity contribution in [2.24, 2.45) is 5.92 Å². The van der Waals surface area contributed by atoms with Gasteiger partial charge in [-0.2, -0.15) is 0 Å². The van der Waals surface area contributed by atoms with Crippen molar-refractivity contribution in [1.82, 2.24) is 4.98 Å². The van der Waals surface area contributed by atoms with Gasteiger partial charge in [-0.25, -0.2) is 4.98 Å². The number of aromatic nitrogens is 1. The topological polar surface area (TPSA) is 38.9 Å². The molecule has 78 valence electrons. The summed E-state index contributed by atoms with van der Waals surface area (Å²) in [6, 6.07) is 1.74. The summed E-state index contributed by atoms with van der Waals surface area (Å²) >= 11 is 7.44. The second kappa shape index (κ2) is 5.47. The van der Waals surface area contributed by atoms with Gasteiger partial charge in [-0.1, -0.05) is 25.4 Å². The molecule has 1 aromatic heterocycles. The van der Waals surface area contributed by atoms with Crippen LogP contribution < -0.4 is 5.73 Å². The third-order valence-electron chi connectivity index (χ3n) is 1.78. The van der Waals surface area contributed by atoms with Gasteiger partial charge in [-0.15, -0.1) is 11.8 Å². The van der Waals surface area contributed by atoms with Crippen LogP contribution in [0.15, 0.2) is 17.3 Å². The predicted molar refractivity (Wildman–Crippen MR) is 63.8 cm³/mol. The maximum atomic E-state index is 5.77. The maximum Gasteiger partial charge on any atom is 0.119 e. The van der Waals surface area contributed by atoms with Gasteiger partial charge in [0.15, 0.2) is 0 Å². The summed E-state index contributed by atoms with van der Waals surface area (Å²) in [6.45, 7) is 4.42. The summed E-state index contributed by atoms with van der Waals surface area (Å²) in [5, 5.41) is 1.48. The van der Waals surface area contributed by atoms with Crippen molar-refractivity contribution in [3.8, 4) is 0 Å².